The summed E-state index contributed by atoms with van der Waals surface area (Å²) in [5, 5.41) is 4.30. The van der Waals surface area contributed by atoms with Gasteiger partial charge in [0.05, 0.1) is 6.04 Å². The van der Waals surface area contributed by atoms with E-state index in [-0.39, 0.29) is 11.9 Å². The SMILES string of the molecule is NNC(c1ccsc1)c1ccc(F)cc1Cl. The summed E-state index contributed by atoms with van der Waals surface area (Å²) < 4.78 is 12.9. The lowest BCUT2D eigenvalue weighted by atomic mass is 10.0. The molecule has 2 nitrogen and oxygen atoms in total. The van der Waals surface area contributed by atoms with Crippen LogP contribution in [0.15, 0.2) is 35.0 Å². The molecule has 1 heterocycles. The Balaban J connectivity index is 2.41. The van der Waals surface area contributed by atoms with Gasteiger partial charge in [-0.3, -0.25) is 5.84 Å². The molecule has 1 unspecified atom stereocenters. The van der Waals surface area contributed by atoms with Gasteiger partial charge in [-0.05, 0) is 40.1 Å². The molecular weight excluding hydrogens is 247 g/mol. The fourth-order valence-electron chi connectivity index (χ4n) is 1.54. The van der Waals surface area contributed by atoms with Crippen LogP contribution >= 0.6 is 22.9 Å². The van der Waals surface area contributed by atoms with E-state index in [1.54, 1.807) is 17.4 Å². The van der Waals surface area contributed by atoms with Gasteiger partial charge in [0, 0.05) is 5.02 Å². The predicted molar refractivity (Wildman–Crippen MR) is 64.9 cm³/mol. The van der Waals surface area contributed by atoms with Crippen LogP contribution in [0.4, 0.5) is 4.39 Å². The fraction of sp³-hybridized carbons (Fsp3) is 0.0909. The van der Waals surface area contributed by atoms with E-state index in [2.05, 4.69) is 5.43 Å². The zero-order chi connectivity index (χ0) is 11.5. The maximum absolute atomic E-state index is 12.9. The molecule has 0 aliphatic carbocycles. The van der Waals surface area contributed by atoms with Crippen molar-refractivity contribution >= 4 is 22.9 Å². The molecule has 0 aliphatic heterocycles. The molecule has 5 heteroatoms. The second kappa shape index (κ2) is 4.93. The van der Waals surface area contributed by atoms with E-state index in [4.69, 9.17) is 17.4 Å². The summed E-state index contributed by atoms with van der Waals surface area (Å²) in [6.45, 7) is 0. The molecule has 16 heavy (non-hydrogen) atoms. The Labute approximate surface area is 102 Å². The lowest BCUT2D eigenvalue weighted by Crippen LogP contribution is -2.28. The quantitative estimate of drug-likeness (QED) is 0.654. The maximum atomic E-state index is 12.9. The summed E-state index contributed by atoms with van der Waals surface area (Å²) in [6.07, 6.45) is 0. The third kappa shape index (κ3) is 2.25. The molecule has 0 radical (unpaired) electrons. The number of thiophene rings is 1. The van der Waals surface area contributed by atoms with E-state index < -0.39 is 0 Å². The summed E-state index contributed by atoms with van der Waals surface area (Å²) >= 11 is 7.56. The van der Waals surface area contributed by atoms with Gasteiger partial charge in [-0.15, -0.1) is 0 Å². The third-order valence-corrected chi connectivity index (χ3v) is 3.35. The van der Waals surface area contributed by atoms with Crippen LogP contribution in [0.5, 0.6) is 0 Å². The summed E-state index contributed by atoms with van der Waals surface area (Å²) in [5.74, 6) is 5.15. The van der Waals surface area contributed by atoms with Gasteiger partial charge in [-0.25, -0.2) is 9.82 Å². The molecule has 1 aromatic heterocycles. The van der Waals surface area contributed by atoms with Gasteiger partial charge in [0.25, 0.3) is 0 Å². The summed E-state index contributed by atoms with van der Waals surface area (Å²) in [7, 11) is 0. The van der Waals surface area contributed by atoms with Crippen molar-refractivity contribution in [2.75, 3.05) is 0 Å². The van der Waals surface area contributed by atoms with Gasteiger partial charge in [-0.1, -0.05) is 17.7 Å². The minimum Gasteiger partial charge on any atom is -0.271 e. The standard InChI is InChI=1S/C11H10ClFN2S/c12-10-5-8(13)1-2-9(10)11(15-14)7-3-4-16-6-7/h1-6,11,15H,14H2. The molecule has 0 saturated heterocycles. The van der Waals surface area contributed by atoms with Gasteiger partial charge in [0.1, 0.15) is 5.82 Å². The average molecular weight is 257 g/mol. The Kier molecular flexibility index (Phi) is 3.56. The zero-order valence-electron chi connectivity index (χ0n) is 8.28. The van der Waals surface area contributed by atoms with E-state index in [1.165, 1.54) is 12.1 Å². The first-order valence-corrected chi connectivity index (χ1v) is 5.97. The van der Waals surface area contributed by atoms with Gasteiger partial charge in [0.2, 0.25) is 0 Å². The summed E-state index contributed by atoms with van der Waals surface area (Å²) in [5.41, 5.74) is 4.46. The Morgan fingerprint density at radius 1 is 1.38 bits per heavy atom. The lowest BCUT2D eigenvalue weighted by Gasteiger charge is -2.16. The van der Waals surface area contributed by atoms with Crippen molar-refractivity contribution in [2.24, 2.45) is 5.84 Å². The number of hydrogen-bond acceptors (Lipinski definition) is 3. The molecule has 3 N–H and O–H groups in total. The summed E-state index contributed by atoms with van der Waals surface area (Å²) in [4.78, 5) is 0. The van der Waals surface area contributed by atoms with Gasteiger partial charge in [-0.2, -0.15) is 11.3 Å². The van der Waals surface area contributed by atoms with Crippen molar-refractivity contribution < 1.29 is 4.39 Å². The molecule has 0 bridgehead atoms. The molecule has 0 saturated carbocycles. The van der Waals surface area contributed by atoms with E-state index >= 15 is 0 Å². The molecule has 2 aromatic rings. The second-order valence-electron chi connectivity index (χ2n) is 3.32. The molecule has 0 spiro atoms. The third-order valence-electron chi connectivity index (χ3n) is 2.32. The van der Waals surface area contributed by atoms with Crippen molar-refractivity contribution in [1.29, 1.82) is 0 Å². The molecule has 0 fully saturated rings. The van der Waals surface area contributed by atoms with E-state index in [0.717, 1.165) is 11.1 Å². The van der Waals surface area contributed by atoms with E-state index in [9.17, 15) is 4.39 Å². The number of halogens is 2. The number of hydrazine groups is 1. The molecule has 1 atom stereocenters. The van der Waals surface area contributed by atoms with Crippen molar-refractivity contribution in [2.45, 2.75) is 6.04 Å². The smallest absolute Gasteiger partial charge is 0.124 e. The highest BCUT2D eigenvalue weighted by Crippen LogP contribution is 2.29. The van der Waals surface area contributed by atoms with Crippen LogP contribution in [0.2, 0.25) is 5.02 Å². The maximum Gasteiger partial charge on any atom is 0.124 e. The van der Waals surface area contributed by atoms with Crippen molar-refractivity contribution in [3.63, 3.8) is 0 Å². The monoisotopic (exact) mass is 256 g/mol. The van der Waals surface area contributed by atoms with Crippen molar-refractivity contribution in [3.8, 4) is 0 Å². The van der Waals surface area contributed by atoms with Crippen LogP contribution in [-0.2, 0) is 0 Å². The highest BCUT2D eigenvalue weighted by molar-refractivity contribution is 7.08. The number of nitrogens with two attached hydrogens (primary N) is 1. The fourth-order valence-corrected chi connectivity index (χ4v) is 2.50. The van der Waals surface area contributed by atoms with E-state index in [0.29, 0.717) is 5.02 Å². The van der Waals surface area contributed by atoms with E-state index in [1.807, 2.05) is 16.8 Å². The van der Waals surface area contributed by atoms with Gasteiger partial charge < -0.3 is 0 Å². The van der Waals surface area contributed by atoms with Crippen LogP contribution in [0.25, 0.3) is 0 Å². The predicted octanol–water partition coefficient (Wildman–Crippen LogP) is 3.09. The minimum atomic E-state index is -0.352. The average Bonchev–Trinajstić information content (AvgIpc) is 2.75. The number of hydrogen-bond donors (Lipinski definition) is 2. The topological polar surface area (TPSA) is 38.0 Å². The molecular formula is C11H10ClFN2S. The highest BCUT2D eigenvalue weighted by atomic mass is 35.5. The Hall–Kier alpha value is -0.940. The second-order valence-corrected chi connectivity index (χ2v) is 4.51. The van der Waals surface area contributed by atoms with Gasteiger partial charge in [0.15, 0.2) is 0 Å². The zero-order valence-corrected chi connectivity index (χ0v) is 9.86. The largest absolute Gasteiger partial charge is 0.271 e. The molecule has 84 valence electrons. The van der Waals surface area contributed by atoms with Crippen LogP contribution in [-0.4, -0.2) is 0 Å². The first kappa shape index (κ1) is 11.5. The number of rotatable bonds is 3. The molecule has 2 rings (SSSR count). The molecule has 0 amide bonds. The lowest BCUT2D eigenvalue weighted by molar-refractivity contribution is 0.616. The molecule has 1 aromatic carbocycles. The van der Waals surface area contributed by atoms with Gasteiger partial charge >= 0.3 is 0 Å². The number of nitrogens with one attached hydrogen (secondary N) is 1. The Morgan fingerprint density at radius 2 is 2.19 bits per heavy atom. The Morgan fingerprint density at radius 3 is 2.75 bits per heavy atom. The number of benzene rings is 1. The highest BCUT2D eigenvalue weighted by Gasteiger charge is 2.16. The molecule has 0 aliphatic rings. The van der Waals surface area contributed by atoms with Crippen LogP contribution < -0.4 is 11.3 Å². The van der Waals surface area contributed by atoms with Crippen molar-refractivity contribution in [1.82, 2.24) is 5.43 Å². The van der Waals surface area contributed by atoms with Crippen LogP contribution in [0.1, 0.15) is 17.2 Å². The van der Waals surface area contributed by atoms with Crippen LogP contribution in [0.3, 0.4) is 0 Å². The van der Waals surface area contributed by atoms with Crippen LogP contribution in [0, 0.1) is 5.82 Å². The first-order valence-electron chi connectivity index (χ1n) is 4.65. The summed E-state index contributed by atoms with van der Waals surface area (Å²) in [6, 6.07) is 6.04. The minimum absolute atomic E-state index is 0.209. The first-order chi connectivity index (χ1) is 7.72. The van der Waals surface area contributed by atoms with Crippen molar-refractivity contribution in [3.05, 3.63) is 57.0 Å². The normalized spacial score (nSPS) is 12.7. The Bertz CT molecular complexity index is 473.